The predicted octanol–water partition coefficient (Wildman–Crippen LogP) is 2.28. The molecule has 2 rings (SSSR count). The van der Waals surface area contributed by atoms with Crippen LogP contribution in [0.2, 0.25) is 0 Å². The summed E-state index contributed by atoms with van der Waals surface area (Å²) in [5, 5.41) is 2.91. The average molecular weight is 307 g/mol. The van der Waals surface area contributed by atoms with E-state index in [9.17, 15) is 9.00 Å². The van der Waals surface area contributed by atoms with Crippen LogP contribution in [0.5, 0.6) is 0 Å². The molecule has 1 amide bonds. The van der Waals surface area contributed by atoms with Gasteiger partial charge in [-0.05, 0) is 25.0 Å². The van der Waals surface area contributed by atoms with Crippen molar-refractivity contribution in [3.63, 3.8) is 0 Å². The molecule has 0 aliphatic carbocycles. The molecule has 0 aromatic heterocycles. The molecule has 5 heteroatoms. The Labute approximate surface area is 128 Å². The quantitative estimate of drug-likeness (QED) is 0.820. The van der Waals surface area contributed by atoms with Crippen molar-refractivity contribution in [1.82, 2.24) is 5.32 Å². The van der Waals surface area contributed by atoms with Crippen LogP contribution < -0.4 is 5.32 Å². The van der Waals surface area contributed by atoms with Gasteiger partial charge in [-0.15, -0.1) is 0 Å². The lowest BCUT2D eigenvalue weighted by molar-refractivity contribution is 0.0950. The molecule has 1 atom stereocenters. The molecule has 1 heterocycles. The Bertz CT molecular complexity index is 554. The summed E-state index contributed by atoms with van der Waals surface area (Å²) in [6.07, 6.45) is 3.86. The normalized spacial score (nSPS) is 16.1. The fourth-order valence-electron chi connectivity index (χ4n) is 2.23. The molecule has 0 fully saturated rings. The zero-order chi connectivity index (χ0) is 15.1. The Morgan fingerprint density at radius 3 is 2.90 bits per heavy atom. The summed E-state index contributed by atoms with van der Waals surface area (Å²) in [6, 6.07) is 7.10. The predicted molar refractivity (Wildman–Crippen MR) is 83.9 cm³/mol. The maximum atomic E-state index is 12.2. The number of amides is 1. The van der Waals surface area contributed by atoms with Crippen molar-refractivity contribution in [3.05, 3.63) is 41.5 Å². The highest BCUT2D eigenvalue weighted by molar-refractivity contribution is 7.85. The second-order valence-corrected chi connectivity index (χ2v) is 6.53. The summed E-state index contributed by atoms with van der Waals surface area (Å²) in [5.74, 6) is 0.358. The molecular weight excluding hydrogens is 286 g/mol. The van der Waals surface area contributed by atoms with Crippen LogP contribution in [0.3, 0.4) is 0 Å². The molecule has 0 bridgehead atoms. The smallest absolute Gasteiger partial charge is 0.252 e. The van der Waals surface area contributed by atoms with Crippen molar-refractivity contribution in [2.24, 2.45) is 0 Å². The van der Waals surface area contributed by atoms with Gasteiger partial charge in [-0.3, -0.25) is 9.00 Å². The molecule has 4 nitrogen and oxygen atoms in total. The molecule has 1 aromatic carbocycles. The Morgan fingerprint density at radius 1 is 1.38 bits per heavy atom. The highest BCUT2D eigenvalue weighted by Crippen LogP contribution is 2.14. The molecule has 0 radical (unpaired) electrons. The van der Waals surface area contributed by atoms with E-state index in [1.807, 2.05) is 13.0 Å². The molecule has 114 valence electrons. The summed E-state index contributed by atoms with van der Waals surface area (Å²) in [5.41, 5.74) is 1.84. The van der Waals surface area contributed by atoms with E-state index in [1.165, 1.54) is 5.57 Å². The summed E-state index contributed by atoms with van der Waals surface area (Å²) >= 11 is 0. The van der Waals surface area contributed by atoms with Crippen molar-refractivity contribution < 1.29 is 13.7 Å². The number of ether oxygens (including phenoxy) is 1. The molecule has 0 unspecified atom stereocenters. The van der Waals surface area contributed by atoms with Crippen molar-refractivity contribution in [2.75, 3.05) is 25.5 Å². The number of hydrogen-bond acceptors (Lipinski definition) is 3. The number of benzene rings is 1. The van der Waals surface area contributed by atoms with Gasteiger partial charge in [0.2, 0.25) is 0 Å². The molecule has 21 heavy (non-hydrogen) atoms. The summed E-state index contributed by atoms with van der Waals surface area (Å²) in [6.45, 7) is 3.87. The molecule has 0 saturated heterocycles. The third-order valence-electron chi connectivity index (χ3n) is 3.43. The van der Waals surface area contributed by atoms with E-state index in [0.717, 1.165) is 19.4 Å². The third kappa shape index (κ3) is 4.51. The third-order valence-corrected chi connectivity index (χ3v) is 4.80. The van der Waals surface area contributed by atoms with Gasteiger partial charge in [0.1, 0.15) is 0 Å². The van der Waals surface area contributed by atoms with Gasteiger partial charge >= 0.3 is 0 Å². The van der Waals surface area contributed by atoms with Crippen molar-refractivity contribution >= 4 is 16.7 Å². The van der Waals surface area contributed by atoms with E-state index in [4.69, 9.17) is 4.74 Å². The van der Waals surface area contributed by atoms with Gasteiger partial charge in [0.05, 0.1) is 34.5 Å². The lowest BCUT2D eigenvalue weighted by Crippen LogP contribution is -2.26. The SMILES string of the molecule is CC[S@](=O)c1ccccc1C(=O)NCCC1=CCOCC1. The molecule has 1 aliphatic rings. The molecular formula is C16H21NO3S. The zero-order valence-corrected chi connectivity index (χ0v) is 13.1. The van der Waals surface area contributed by atoms with Gasteiger partial charge in [0, 0.05) is 12.3 Å². The van der Waals surface area contributed by atoms with Gasteiger partial charge in [0.25, 0.3) is 5.91 Å². The Kier molecular flexibility index (Phi) is 6.14. The van der Waals surface area contributed by atoms with E-state index in [-0.39, 0.29) is 5.91 Å². The number of hydrogen-bond donors (Lipinski definition) is 1. The highest BCUT2D eigenvalue weighted by atomic mass is 32.2. The molecule has 1 N–H and O–H groups in total. The standard InChI is InChI=1S/C16H21NO3S/c1-2-21(19)15-6-4-3-5-14(15)16(18)17-10-7-13-8-11-20-12-9-13/h3-6,8H,2,7,9-12H2,1H3,(H,17,18)/t21-/m0/s1. The van der Waals surface area contributed by atoms with Crippen LogP contribution in [0.25, 0.3) is 0 Å². The number of rotatable bonds is 6. The van der Waals surface area contributed by atoms with Gasteiger partial charge in [-0.2, -0.15) is 0 Å². The van der Waals surface area contributed by atoms with Crippen LogP contribution in [-0.4, -0.2) is 35.6 Å². The molecule has 0 spiro atoms. The van der Waals surface area contributed by atoms with E-state index in [1.54, 1.807) is 18.2 Å². The minimum atomic E-state index is -1.12. The summed E-state index contributed by atoms with van der Waals surface area (Å²) in [4.78, 5) is 12.9. The highest BCUT2D eigenvalue weighted by Gasteiger charge is 2.14. The first-order valence-corrected chi connectivity index (χ1v) is 8.55. The fourth-order valence-corrected chi connectivity index (χ4v) is 3.18. The first-order valence-electron chi connectivity index (χ1n) is 7.23. The average Bonchev–Trinajstić information content (AvgIpc) is 2.55. The molecule has 0 saturated carbocycles. The second kappa shape index (κ2) is 8.10. The van der Waals surface area contributed by atoms with Crippen LogP contribution in [0.1, 0.15) is 30.1 Å². The van der Waals surface area contributed by atoms with Gasteiger partial charge in [0.15, 0.2) is 0 Å². The molecule has 1 aromatic rings. The van der Waals surface area contributed by atoms with Gasteiger partial charge in [-0.1, -0.05) is 30.7 Å². The van der Waals surface area contributed by atoms with Crippen LogP contribution in [0.15, 0.2) is 40.8 Å². The molecule has 1 aliphatic heterocycles. The summed E-state index contributed by atoms with van der Waals surface area (Å²) < 4.78 is 17.2. The number of carbonyl (C=O) groups is 1. The lowest BCUT2D eigenvalue weighted by atomic mass is 10.1. The maximum Gasteiger partial charge on any atom is 0.252 e. The van der Waals surface area contributed by atoms with Gasteiger partial charge < -0.3 is 10.1 Å². The Morgan fingerprint density at radius 2 is 2.19 bits per heavy atom. The number of carbonyl (C=O) groups excluding carboxylic acids is 1. The van der Waals surface area contributed by atoms with E-state index in [2.05, 4.69) is 11.4 Å². The second-order valence-electron chi connectivity index (χ2n) is 4.82. The van der Waals surface area contributed by atoms with Crippen LogP contribution >= 0.6 is 0 Å². The zero-order valence-electron chi connectivity index (χ0n) is 12.3. The van der Waals surface area contributed by atoms with Crippen molar-refractivity contribution in [1.29, 1.82) is 0 Å². The van der Waals surface area contributed by atoms with Crippen molar-refractivity contribution in [3.8, 4) is 0 Å². The Balaban J connectivity index is 1.94. The first-order chi connectivity index (χ1) is 10.2. The van der Waals surface area contributed by atoms with E-state index >= 15 is 0 Å². The maximum absolute atomic E-state index is 12.2. The fraction of sp³-hybridized carbons (Fsp3) is 0.438. The topological polar surface area (TPSA) is 55.4 Å². The summed E-state index contributed by atoms with van der Waals surface area (Å²) in [7, 11) is -1.12. The largest absolute Gasteiger partial charge is 0.377 e. The minimum Gasteiger partial charge on any atom is -0.377 e. The van der Waals surface area contributed by atoms with Crippen LogP contribution in [0.4, 0.5) is 0 Å². The van der Waals surface area contributed by atoms with Crippen molar-refractivity contribution in [2.45, 2.75) is 24.7 Å². The van der Waals surface area contributed by atoms with Crippen LogP contribution in [0, 0.1) is 0 Å². The monoisotopic (exact) mass is 307 g/mol. The van der Waals surface area contributed by atoms with E-state index < -0.39 is 10.8 Å². The minimum absolute atomic E-state index is 0.153. The van der Waals surface area contributed by atoms with Gasteiger partial charge in [-0.25, -0.2) is 0 Å². The number of nitrogens with one attached hydrogen (secondary N) is 1. The van der Waals surface area contributed by atoms with E-state index in [0.29, 0.717) is 29.4 Å². The Hall–Kier alpha value is -1.46. The van der Waals surface area contributed by atoms with Crippen LogP contribution in [-0.2, 0) is 15.5 Å². The first kappa shape index (κ1) is 15.9. The lowest BCUT2D eigenvalue weighted by Gasteiger charge is -2.14.